The van der Waals surface area contributed by atoms with Crippen LogP contribution in [-0.2, 0) is 13.0 Å². The van der Waals surface area contributed by atoms with Gasteiger partial charge in [0, 0.05) is 30.9 Å². The minimum absolute atomic E-state index is 1.07. The van der Waals surface area contributed by atoms with Gasteiger partial charge in [-0.3, -0.25) is 4.98 Å². The van der Waals surface area contributed by atoms with Gasteiger partial charge in [-0.1, -0.05) is 0 Å². The average Bonchev–Trinajstić information content (AvgIpc) is 3.13. The number of hydrogen-bond donors (Lipinski definition) is 0. The summed E-state index contributed by atoms with van der Waals surface area (Å²) < 4.78 is 2.37. The van der Waals surface area contributed by atoms with Crippen molar-refractivity contribution in [1.82, 2.24) is 14.5 Å². The number of aromatic nitrogens is 3. The monoisotopic (exact) mass is 281 g/mol. The average molecular weight is 281 g/mol. The Bertz CT molecular complexity index is 755. The third-order valence-corrected chi connectivity index (χ3v) is 4.80. The van der Waals surface area contributed by atoms with Crippen molar-refractivity contribution in [2.45, 2.75) is 26.3 Å². The Labute approximate surface area is 121 Å². The van der Waals surface area contributed by atoms with Gasteiger partial charge in [0.05, 0.1) is 10.6 Å². The van der Waals surface area contributed by atoms with Crippen molar-refractivity contribution >= 4 is 11.3 Å². The zero-order valence-corrected chi connectivity index (χ0v) is 12.2. The van der Waals surface area contributed by atoms with Crippen LogP contribution in [-0.4, -0.2) is 14.5 Å². The summed E-state index contributed by atoms with van der Waals surface area (Å²) in [6.45, 7) is 3.21. The van der Waals surface area contributed by atoms with Crippen LogP contribution in [0.3, 0.4) is 0 Å². The molecule has 4 rings (SSSR count). The minimum atomic E-state index is 1.07. The first kappa shape index (κ1) is 11.9. The van der Waals surface area contributed by atoms with Gasteiger partial charge in [0.15, 0.2) is 0 Å². The van der Waals surface area contributed by atoms with Gasteiger partial charge in [-0.25, -0.2) is 4.98 Å². The van der Waals surface area contributed by atoms with Crippen LogP contribution in [0.2, 0.25) is 0 Å². The number of nitrogens with zero attached hydrogens (tertiary/aromatic N) is 3. The maximum atomic E-state index is 4.90. The van der Waals surface area contributed by atoms with Crippen LogP contribution in [0.4, 0.5) is 0 Å². The molecule has 3 aromatic rings. The normalized spacial score (nSPS) is 13.7. The Morgan fingerprint density at radius 3 is 2.85 bits per heavy atom. The lowest BCUT2D eigenvalue weighted by Gasteiger charge is -2.07. The summed E-state index contributed by atoms with van der Waals surface area (Å²) in [7, 11) is 0. The molecule has 0 atom stereocenters. The molecule has 0 aromatic carbocycles. The standard InChI is InChI=1S/C16H15N3S/c1-11-9-13(20-10-11)15-16(12-4-6-17-7-5-12)19-8-2-3-14(19)18-15/h4-7,9-10H,2-3,8H2,1H3. The Morgan fingerprint density at radius 1 is 1.25 bits per heavy atom. The molecule has 100 valence electrons. The molecule has 0 spiro atoms. The Hall–Kier alpha value is -1.94. The fraction of sp³-hybridized carbons (Fsp3) is 0.250. The van der Waals surface area contributed by atoms with E-state index in [1.54, 1.807) is 11.3 Å². The van der Waals surface area contributed by atoms with Crippen LogP contribution in [0.5, 0.6) is 0 Å². The number of aryl methyl sites for hydroxylation is 2. The van der Waals surface area contributed by atoms with E-state index in [9.17, 15) is 0 Å². The lowest BCUT2D eigenvalue weighted by atomic mass is 10.1. The van der Waals surface area contributed by atoms with Gasteiger partial charge in [-0.05, 0) is 42.5 Å². The van der Waals surface area contributed by atoms with Crippen molar-refractivity contribution in [1.29, 1.82) is 0 Å². The molecule has 0 saturated heterocycles. The summed E-state index contributed by atoms with van der Waals surface area (Å²) in [5.74, 6) is 1.22. The molecule has 0 bridgehead atoms. The van der Waals surface area contributed by atoms with E-state index < -0.39 is 0 Å². The summed E-state index contributed by atoms with van der Waals surface area (Å²) in [5.41, 5.74) is 4.89. The molecule has 4 heterocycles. The molecule has 0 aliphatic carbocycles. The highest BCUT2D eigenvalue weighted by Crippen LogP contribution is 2.37. The first-order valence-electron chi connectivity index (χ1n) is 6.88. The van der Waals surface area contributed by atoms with E-state index in [-0.39, 0.29) is 0 Å². The molecule has 0 N–H and O–H groups in total. The molecule has 1 aliphatic rings. The summed E-state index contributed by atoms with van der Waals surface area (Å²) in [4.78, 5) is 10.3. The SMILES string of the molecule is Cc1csc(-c2nc3n(c2-c2ccncc2)CCC3)c1. The first-order chi connectivity index (χ1) is 9.83. The van der Waals surface area contributed by atoms with Crippen LogP contribution in [0.15, 0.2) is 36.0 Å². The number of fused-ring (bicyclic) bond motifs is 1. The number of imidazole rings is 1. The molecular weight excluding hydrogens is 266 g/mol. The fourth-order valence-corrected chi connectivity index (χ4v) is 3.74. The number of hydrogen-bond acceptors (Lipinski definition) is 3. The molecule has 1 aliphatic heterocycles. The van der Waals surface area contributed by atoms with Gasteiger partial charge in [-0.15, -0.1) is 11.3 Å². The van der Waals surface area contributed by atoms with Crippen LogP contribution in [0.1, 0.15) is 17.8 Å². The van der Waals surface area contributed by atoms with Crippen molar-refractivity contribution in [3.05, 3.63) is 47.4 Å². The summed E-state index contributed by atoms with van der Waals surface area (Å²) >= 11 is 1.78. The van der Waals surface area contributed by atoms with E-state index in [1.165, 1.54) is 33.9 Å². The lowest BCUT2D eigenvalue weighted by molar-refractivity contribution is 0.756. The largest absolute Gasteiger partial charge is 0.327 e. The van der Waals surface area contributed by atoms with Crippen molar-refractivity contribution in [3.8, 4) is 21.8 Å². The molecule has 0 fully saturated rings. The first-order valence-corrected chi connectivity index (χ1v) is 7.76. The zero-order valence-electron chi connectivity index (χ0n) is 11.3. The van der Waals surface area contributed by atoms with Crippen LogP contribution >= 0.6 is 11.3 Å². The highest BCUT2D eigenvalue weighted by atomic mass is 32.1. The third-order valence-electron chi connectivity index (χ3n) is 3.75. The van der Waals surface area contributed by atoms with Crippen LogP contribution in [0.25, 0.3) is 21.8 Å². The highest BCUT2D eigenvalue weighted by Gasteiger charge is 2.23. The third kappa shape index (κ3) is 1.79. The Kier molecular flexibility index (Phi) is 2.70. The molecule has 3 nitrogen and oxygen atoms in total. The van der Waals surface area contributed by atoms with E-state index in [4.69, 9.17) is 4.98 Å². The van der Waals surface area contributed by atoms with Gasteiger partial charge in [-0.2, -0.15) is 0 Å². The second-order valence-corrected chi connectivity index (χ2v) is 6.12. The van der Waals surface area contributed by atoms with Gasteiger partial charge in [0.2, 0.25) is 0 Å². The van der Waals surface area contributed by atoms with E-state index in [1.807, 2.05) is 12.4 Å². The summed E-state index contributed by atoms with van der Waals surface area (Å²) in [6.07, 6.45) is 5.99. The molecule has 3 aromatic heterocycles. The topological polar surface area (TPSA) is 30.7 Å². The van der Waals surface area contributed by atoms with E-state index in [2.05, 4.69) is 40.1 Å². The second kappa shape index (κ2) is 4.56. The molecule has 4 heteroatoms. The van der Waals surface area contributed by atoms with Gasteiger partial charge < -0.3 is 4.57 Å². The number of rotatable bonds is 2. The molecule has 0 radical (unpaired) electrons. The van der Waals surface area contributed by atoms with E-state index >= 15 is 0 Å². The summed E-state index contributed by atoms with van der Waals surface area (Å²) in [5, 5.41) is 2.19. The summed E-state index contributed by atoms with van der Waals surface area (Å²) in [6, 6.07) is 6.38. The predicted molar refractivity (Wildman–Crippen MR) is 81.8 cm³/mol. The highest BCUT2D eigenvalue weighted by molar-refractivity contribution is 7.13. The van der Waals surface area contributed by atoms with Crippen LogP contribution < -0.4 is 0 Å². The number of pyridine rings is 1. The second-order valence-electron chi connectivity index (χ2n) is 5.20. The van der Waals surface area contributed by atoms with Gasteiger partial charge in [0.25, 0.3) is 0 Å². The van der Waals surface area contributed by atoms with Gasteiger partial charge >= 0.3 is 0 Å². The molecule has 0 unspecified atom stereocenters. The van der Waals surface area contributed by atoms with Gasteiger partial charge in [0.1, 0.15) is 11.5 Å². The number of thiophene rings is 1. The maximum absolute atomic E-state index is 4.90. The smallest absolute Gasteiger partial charge is 0.110 e. The quantitative estimate of drug-likeness (QED) is 0.712. The molecule has 0 saturated carbocycles. The van der Waals surface area contributed by atoms with Crippen molar-refractivity contribution in [2.75, 3.05) is 0 Å². The Morgan fingerprint density at radius 2 is 2.10 bits per heavy atom. The zero-order chi connectivity index (χ0) is 13.5. The van der Waals surface area contributed by atoms with E-state index in [0.29, 0.717) is 0 Å². The Balaban J connectivity index is 1.96. The molecule has 20 heavy (non-hydrogen) atoms. The molecule has 0 amide bonds. The fourth-order valence-electron chi connectivity index (χ4n) is 2.86. The van der Waals surface area contributed by atoms with Crippen molar-refractivity contribution in [3.63, 3.8) is 0 Å². The lowest BCUT2D eigenvalue weighted by Crippen LogP contribution is -1.96. The molecular formula is C16H15N3S. The van der Waals surface area contributed by atoms with Crippen molar-refractivity contribution in [2.24, 2.45) is 0 Å². The maximum Gasteiger partial charge on any atom is 0.110 e. The van der Waals surface area contributed by atoms with Crippen molar-refractivity contribution < 1.29 is 0 Å². The van der Waals surface area contributed by atoms with Crippen LogP contribution in [0, 0.1) is 6.92 Å². The van der Waals surface area contributed by atoms with E-state index in [0.717, 1.165) is 18.7 Å². The predicted octanol–water partition coefficient (Wildman–Crippen LogP) is 3.93. The minimum Gasteiger partial charge on any atom is -0.327 e.